The molecule has 0 atom stereocenters. The number of pyridine rings is 1. The zero-order chi connectivity index (χ0) is 16.3. The van der Waals surface area contributed by atoms with Gasteiger partial charge in [0.2, 0.25) is 0 Å². The van der Waals surface area contributed by atoms with Crippen LogP contribution in [0.25, 0.3) is 0 Å². The molecule has 2 heterocycles. The number of H-pyrrole nitrogens is 1. The molecule has 0 spiro atoms. The first-order valence-electron chi connectivity index (χ1n) is 8.25. The Bertz CT molecular complexity index is 585. The summed E-state index contributed by atoms with van der Waals surface area (Å²) in [5.74, 6) is 1.52. The summed E-state index contributed by atoms with van der Waals surface area (Å²) in [6.45, 7) is 12.2. The van der Waals surface area contributed by atoms with E-state index in [-0.39, 0.29) is 5.60 Å². The van der Waals surface area contributed by atoms with Gasteiger partial charge in [-0.1, -0.05) is 20.8 Å². The number of aromatic nitrogens is 1. The van der Waals surface area contributed by atoms with Crippen molar-refractivity contribution in [1.82, 2.24) is 0 Å². The van der Waals surface area contributed by atoms with E-state index in [2.05, 4.69) is 51.0 Å². The lowest BCUT2D eigenvalue weighted by Crippen LogP contribution is -2.36. The number of aryl methyl sites for hydroxylation is 1. The SMILES string of the molecule is CCc1[nH+]c(NCCC(C)C)c(C#N)c2c1COC(C)(C)C2. The molecule has 0 saturated carbocycles. The van der Waals surface area contributed by atoms with Crippen LogP contribution in [0.4, 0.5) is 5.82 Å². The standard InChI is InChI=1S/C18H27N3O/c1-6-16-15-11-22-18(4,5)9-13(15)14(10-19)17(21-16)20-8-7-12(2)3/h12H,6-9,11H2,1-5H3,(H,20,21)/p+1. The molecule has 0 saturated heterocycles. The molecule has 120 valence electrons. The van der Waals surface area contributed by atoms with E-state index in [0.717, 1.165) is 42.8 Å². The molecule has 0 aliphatic carbocycles. The van der Waals surface area contributed by atoms with Gasteiger partial charge in [-0.2, -0.15) is 5.26 Å². The highest BCUT2D eigenvalue weighted by Gasteiger charge is 2.33. The molecule has 0 aromatic carbocycles. The molecular weight excluding hydrogens is 274 g/mol. The molecule has 1 aliphatic rings. The number of hydrogen-bond donors (Lipinski definition) is 1. The summed E-state index contributed by atoms with van der Waals surface area (Å²) < 4.78 is 5.94. The van der Waals surface area contributed by atoms with Gasteiger partial charge in [-0.3, -0.25) is 5.32 Å². The summed E-state index contributed by atoms with van der Waals surface area (Å²) in [5, 5.41) is 13.1. The minimum absolute atomic E-state index is 0.208. The Morgan fingerprint density at radius 2 is 2.09 bits per heavy atom. The highest BCUT2D eigenvalue weighted by molar-refractivity contribution is 5.56. The number of fused-ring (bicyclic) bond motifs is 1. The molecular formula is C18H28N3O+. The maximum absolute atomic E-state index is 9.67. The molecule has 0 unspecified atom stereocenters. The lowest BCUT2D eigenvalue weighted by molar-refractivity contribution is -0.375. The zero-order valence-electron chi connectivity index (χ0n) is 14.5. The Morgan fingerprint density at radius 3 is 2.68 bits per heavy atom. The van der Waals surface area contributed by atoms with E-state index in [9.17, 15) is 5.26 Å². The fourth-order valence-corrected chi connectivity index (χ4v) is 2.93. The Morgan fingerprint density at radius 1 is 1.36 bits per heavy atom. The summed E-state index contributed by atoms with van der Waals surface area (Å²) in [6, 6.07) is 2.40. The van der Waals surface area contributed by atoms with Crippen molar-refractivity contribution < 1.29 is 9.72 Å². The molecule has 0 fully saturated rings. The molecule has 4 nitrogen and oxygen atoms in total. The monoisotopic (exact) mass is 302 g/mol. The van der Waals surface area contributed by atoms with Gasteiger partial charge in [-0.05, 0) is 31.7 Å². The fourth-order valence-electron chi connectivity index (χ4n) is 2.93. The van der Waals surface area contributed by atoms with Gasteiger partial charge in [0.05, 0.1) is 18.8 Å². The van der Waals surface area contributed by atoms with Crippen LogP contribution in [0.3, 0.4) is 0 Å². The number of anilines is 1. The number of aromatic amines is 1. The molecule has 2 N–H and O–H groups in total. The summed E-state index contributed by atoms with van der Waals surface area (Å²) in [6.07, 6.45) is 2.79. The second-order valence-corrected chi connectivity index (χ2v) is 7.11. The number of ether oxygens (including phenoxy) is 1. The molecule has 0 radical (unpaired) electrons. The lowest BCUT2D eigenvalue weighted by Gasteiger charge is -2.32. The van der Waals surface area contributed by atoms with E-state index in [1.54, 1.807) is 0 Å². The second kappa shape index (κ2) is 6.66. The Hall–Kier alpha value is -1.60. The lowest BCUT2D eigenvalue weighted by atomic mass is 9.87. The first-order valence-corrected chi connectivity index (χ1v) is 8.25. The number of nitrogens with zero attached hydrogens (tertiary/aromatic N) is 1. The maximum atomic E-state index is 9.67. The van der Waals surface area contributed by atoms with Crippen molar-refractivity contribution in [2.24, 2.45) is 5.92 Å². The predicted octanol–water partition coefficient (Wildman–Crippen LogP) is 3.24. The van der Waals surface area contributed by atoms with Crippen molar-refractivity contribution >= 4 is 5.82 Å². The van der Waals surface area contributed by atoms with E-state index in [0.29, 0.717) is 12.5 Å². The average Bonchev–Trinajstić information content (AvgIpc) is 2.44. The predicted molar refractivity (Wildman–Crippen MR) is 87.6 cm³/mol. The molecule has 1 aromatic heterocycles. The first-order chi connectivity index (χ1) is 10.4. The Labute approximate surface area is 133 Å². The summed E-state index contributed by atoms with van der Waals surface area (Å²) in [4.78, 5) is 3.43. The molecule has 0 amide bonds. The van der Waals surface area contributed by atoms with Gasteiger partial charge in [0, 0.05) is 18.4 Å². The van der Waals surface area contributed by atoms with Crippen molar-refractivity contribution in [3.05, 3.63) is 22.4 Å². The number of nitrogens with one attached hydrogen (secondary N) is 2. The van der Waals surface area contributed by atoms with Crippen LogP contribution in [-0.4, -0.2) is 12.1 Å². The van der Waals surface area contributed by atoms with Crippen LogP contribution in [-0.2, 0) is 24.2 Å². The van der Waals surface area contributed by atoms with Gasteiger partial charge in [0.25, 0.3) is 5.82 Å². The van der Waals surface area contributed by atoms with E-state index < -0.39 is 0 Å². The van der Waals surface area contributed by atoms with E-state index >= 15 is 0 Å². The minimum Gasteiger partial charge on any atom is -0.370 e. The van der Waals surface area contributed by atoms with Gasteiger partial charge in [0.1, 0.15) is 17.3 Å². The smallest absolute Gasteiger partial charge is 0.290 e. The summed E-state index contributed by atoms with van der Waals surface area (Å²) in [5.41, 5.74) is 4.05. The summed E-state index contributed by atoms with van der Waals surface area (Å²) in [7, 11) is 0. The molecule has 0 bridgehead atoms. The highest BCUT2D eigenvalue weighted by Crippen LogP contribution is 2.32. The van der Waals surface area contributed by atoms with Crippen LogP contribution in [0.15, 0.2) is 0 Å². The second-order valence-electron chi connectivity index (χ2n) is 7.11. The van der Waals surface area contributed by atoms with Crippen molar-refractivity contribution in [2.45, 2.75) is 66.1 Å². The van der Waals surface area contributed by atoms with Crippen LogP contribution in [0.5, 0.6) is 0 Å². The average molecular weight is 302 g/mol. The highest BCUT2D eigenvalue weighted by atomic mass is 16.5. The molecule has 22 heavy (non-hydrogen) atoms. The Kier molecular flexibility index (Phi) is 5.08. The zero-order valence-corrected chi connectivity index (χ0v) is 14.5. The number of rotatable bonds is 5. The van der Waals surface area contributed by atoms with Crippen LogP contribution >= 0.6 is 0 Å². The first kappa shape index (κ1) is 16.8. The van der Waals surface area contributed by atoms with Crippen LogP contribution in [0, 0.1) is 17.2 Å². The molecule has 1 aromatic rings. The Balaban J connectivity index is 2.41. The maximum Gasteiger partial charge on any atom is 0.290 e. The van der Waals surface area contributed by atoms with Crippen molar-refractivity contribution in [2.75, 3.05) is 11.9 Å². The van der Waals surface area contributed by atoms with E-state index in [4.69, 9.17) is 4.74 Å². The molecule has 1 aliphatic heterocycles. The number of hydrogen-bond acceptors (Lipinski definition) is 3. The quantitative estimate of drug-likeness (QED) is 0.908. The third kappa shape index (κ3) is 3.59. The topological polar surface area (TPSA) is 59.2 Å². The third-order valence-corrected chi connectivity index (χ3v) is 4.25. The molecule has 2 rings (SSSR count). The van der Waals surface area contributed by atoms with Crippen molar-refractivity contribution in [3.63, 3.8) is 0 Å². The fraction of sp³-hybridized carbons (Fsp3) is 0.667. The van der Waals surface area contributed by atoms with Gasteiger partial charge >= 0.3 is 0 Å². The van der Waals surface area contributed by atoms with Crippen LogP contribution < -0.4 is 10.3 Å². The van der Waals surface area contributed by atoms with Gasteiger partial charge < -0.3 is 4.74 Å². The van der Waals surface area contributed by atoms with Gasteiger partial charge in [0.15, 0.2) is 0 Å². The van der Waals surface area contributed by atoms with Gasteiger partial charge in [-0.15, -0.1) is 0 Å². The van der Waals surface area contributed by atoms with Gasteiger partial charge in [-0.25, -0.2) is 4.98 Å². The minimum atomic E-state index is -0.208. The van der Waals surface area contributed by atoms with Crippen molar-refractivity contribution in [1.29, 1.82) is 5.26 Å². The number of nitriles is 1. The van der Waals surface area contributed by atoms with E-state index in [1.165, 1.54) is 11.3 Å². The van der Waals surface area contributed by atoms with Crippen LogP contribution in [0.2, 0.25) is 0 Å². The normalized spacial score (nSPS) is 16.2. The molecule has 4 heteroatoms. The third-order valence-electron chi connectivity index (χ3n) is 4.25. The summed E-state index contributed by atoms with van der Waals surface area (Å²) >= 11 is 0. The van der Waals surface area contributed by atoms with Crippen LogP contribution in [0.1, 0.15) is 63.4 Å². The largest absolute Gasteiger partial charge is 0.370 e. The van der Waals surface area contributed by atoms with E-state index in [1.807, 2.05) is 0 Å². The van der Waals surface area contributed by atoms with Crippen molar-refractivity contribution in [3.8, 4) is 6.07 Å².